The van der Waals surface area contributed by atoms with Crippen LogP contribution in [-0.4, -0.2) is 21.8 Å². The molecule has 0 radical (unpaired) electrons. The fraction of sp³-hybridized carbons (Fsp3) is 0.0435. The number of benzene rings is 3. The Labute approximate surface area is 162 Å². The SMILES string of the molecule is Cn1c(-c2ccccc2)c(C=NNC(=O)c2ccc(O)cc2)c2ccccc21. The number of rotatable bonds is 4. The van der Waals surface area contributed by atoms with Crippen LogP contribution in [0, 0.1) is 0 Å². The Morgan fingerprint density at radius 1 is 0.964 bits per heavy atom. The average molecular weight is 369 g/mol. The standard InChI is InChI=1S/C23H19N3O2/c1-26-21-10-6-5-9-19(21)20(22(26)16-7-3-2-4-8-16)15-24-25-23(28)17-11-13-18(27)14-12-17/h2-15,27H,1H3,(H,25,28). The van der Waals surface area contributed by atoms with Gasteiger partial charge in [-0.15, -0.1) is 0 Å². The molecule has 0 spiro atoms. The van der Waals surface area contributed by atoms with Crippen LogP contribution in [0.3, 0.4) is 0 Å². The Balaban J connectivity index is 1.71. The summed E-state index contributed by atoms with van der Waals surface area (Å²) in [7, 11) is 2.02. The smallest absolute Gasteiger partial charge is 0.271 e. The summed E-state index contributed by atoms with van der Waals surface area (Å²) < 4.78 is 2.13. The number of fused-ring (bicyclic) bond motifs is 1. The van der Waals surface area contributed by atoms with Gasteiger partial charge >= 0.3 is 0 Å². The van der Waals surface area contributed by atoms with Crippen LogP contribution >= 0.6 is 0 Å². The van der Waals surface area contributed by atoms with E-state index in [0.717, 1.165) is 27.7 Å². The Bertz CT molecular complexity index is 1160. The minimum Gasteiger partial charge on any atom is -0.508 e. The van der Waals surface area contributed by atoms with Gasteiger partial charge in [0.05, 0.1) is 11.9 Å². The van der Waals surface area contributed by atoms with Crippen LogP contribution in [0.1, 0.15) is 15.9 Å². The van der Waals surface area contributed by atoms with Crippen LogP contribution in [-0.2, 0) is 7.05 Å². The molecule has 3 aromatic carbocycles. The molecule has 0 aliphatic heterocycles. The van der Waals surface area contributed by atoms with Gasteiger partial charge in [0, 0.05) is 29.1 Å². The lowest BCUT2D eigenvalue weighted by atomic mass is 10.1. The minimum absolute atomic E-state index is 0.114. The second-order valence-electron chi connectivity index (χ2n) is 6.45. The van der Waals surface area contributed by atoms with Gasteiger partial charge in [0.2, 0.25) is 0 Å². The number of carbonyl (C=O) groups is 1. The van der Waals surface area contributed by atoms with Gasteiger partial charge < -0.3 is 9.67 Å². The van der Waals surface area contributed by atoms with E-state index in [2.05, 4.69) is 33.3 Å². The van der Waals surface area contributed by atoms with Gasteiger partial charge in [-0.1, -0.05) is 48.5 Å². The van der Waals surface area contributed by atoms with E-state index in [4.69, 9.17) is 0 Å². The molecule has 0 saturated carbocycles. The summed E-state index contributed by atoms with van der Waals surface area (Å²) in [6.07, 6.45) is 1.68. The molecule has 2 N–H and O–H groups in total. The number of hydrogen-bond acceptors (Lipinski definition) is 3. The van der Waals surface area contributed by atoms with Crippen LogP contribution in [0.25, 0.3) is 22.2 Å². The van der Waals surface area contributed by atoms with Crippen molar-refractivity contribution in [3.05, 3.63) is 90.0 Å². The quantitative estimate of drug-likeness (QED) is 0.416. The van der Waals surface area contributed by atoms with E-state index in [-0.39, 0.29) is 11.7 Å². The zero-order valence-corrected chi connectivity index (χ0v) is 15.3. The number of carbonyl (C=O) groups excluding carboxylic acids is 1. The van der Waals surface area contributed by atoms with Gasteiger partial charge in [0.1, 0.15) is 5.75 Å². The number of aryl methyl sites for hydroxylation is 1. The van der Waals surface area contributed by atoms with Crippen molar-refractivity contribution in [2.24, 2.45) is 12.1 Å². The molecule has 0 atom stereocenters. The number of phenolic OH excluding ortho intramolecular Hbond substituents is 1. The molecule has 4 aromatic rings. The van der Waals surface area contributed by atoms with Gasteiger partial charge in [-0.2, -0.15) is 5.10 Å². The van der Waals surface area contributed by atoms with Gasteiger partial charge in [-0.3, -0.25) is 4.79 Å². The fourth-order valence-electron chi connectivity index (χ4n) is 3.33. The van der Waals surface area contributed by atoms with Crippen LogP contribution < -0.4 is 5.43 Å². The first-order valence-corrected chi connectivity index (χ1v) is 8.90. The highest BCUT2D eigenvalue weighted by atomic mass is 16.3. The van der Waals surface area contributed by atoms with E-state index < -0.39 is 0 Å². The Kier molecular flexibility index (Phi) is 4.64. The Hall–Kier alpha value is -3.86. The van der Waals surface area contributed by atoms with Crippen molar-refractivity contribution in [1.29, 1.82) is 0 Å². The zero-order chi connectivity index (χ0) is 19.5. The van der Waals surface area contributed by atoms with Gasteiger partial charge in [-0.05, 0) is 35.9 Å². The fourth-order valence-corrected chi connectivity index (χ4v) is 3.33. The maximum Gasteiger partial charge on any atom is 0.271 e. The van der Waals surface area contributed by atoms with Crippen LogP contribution in [0.5, 0.6) is 5.75 Å². The molecule has 0 unspecified atom stereocenters. The van der Waals surface area contributed by atoms with Crippen LogP contribution in [0.2, 0.25) is 0 Å². The van der Waals surface area contributed by atoms with Crippen molar-refractivity contribution >= 4 is 23.0 Å². The molecule has 0 bridgehead atoms. The number of nitrogens with one attached hydrogen (secondary N) is 1. The van der Waals surface area contributed by atoms with E-state index >= 15 is 0 Å². The molecular formula is C23H19N3O2. The van der Waals surface area contributed by atoms with E-state index in [1.807, 2.05) is 43.4 Å². The highest BCUT2D eigenvalue weighted by molar-refractivity contribution is 6.07. The summed E-state index contributed by atoms with van der Waals surface area (Å²) in [6.45, 7) is 0. The number of phenols is 1. The third-order valence-corrected chi connectivity index (χ3v) is 4.68. The lowest BCUT2D eigenvalue weighted by Crippen LogP contribution is -2.17. The predicted molar refractivity (Wildman–Crippen MR) is 112 cm³/mol. The second kappa shape index (κ2) is 7.40. The van der Waals surface area contributed by atoms with E-state index in [0.29, 0.717) is 5.56 Å². The van der Waals surface area contributed by atoms with E-state index in [1.54, 1.807) is 18.3 Å². The van der Waals surface area contributed by atoms with Crippen molar-refractivity contribution in [1.82, 2.24) is 9.99 Å². The summed E-state index contributed by atoms with van der Waals surface area (Å²) in [5, 5.41) is 14.6. The molecule has 0 aliphatic rings. The normalized spacial score (nSPS) is 11.2. The third kappa shape index (κ3) is 3.25. The molecule has 28 heavy (non-hydrogen) atoms. The maximum atomic E-state index is 12.3. The lowest BCUT2D eigenvalue weighted by Gasteiger charge is -2.06. The number of amides is 1. The molecule has 1 amide bonds. The molecule has 0 saturated heterocycles. The van der Waals surface area contributed by atoms with Gasteiger partial charge in [0.15, 0.2) is 0 Å². The lowest BCUT2D eigenvalue weighted by molar-refractivity contribution is 0.0955. The van der Waals surface area contributed by atoms with Crippen molar-refractivity contribution in [2.45, 2.75) is 0 Å². The number of aromatic nitrogens is 1. The molecule has 1 heterocycles. The number of hydrazone groups is 1. The first kappa shape index (κ1) is 17.5. The molecule has 138 valence electrons. The molecule has 1 aromatic heterocycles. The number of para-hydroxylation sites is 1. The zero-order valence-electron chi connectivity index (χ0n) is 15.3. The van der Waals surface area contributed by atoms with Crippen molar-refractivity contribution in [3.63, 3.8) is 0 Å². The first-order chi connectivity index (χ1) is 13.6. The highest BCUT2D eigenvalue weighted by Crippen LogP contribution is 2.31. The summed E-state index contributed by atoms with van der Waals surface area (Å²) in [5.74, 6) is -0.221. The second-order valence-corrected chi connectivity index (χ2v) is 6.45. The Morgan fingerprint density at radius 3 is 2.39 bits per heavy atom. The first-order valence-electron chi connectivity index (χ1n) is 8.90. The monoisotopic (exact) mass is 369 g/mol. The topological polar surface area (TPSA) is 66.6 Å². The summed E-state index contributed by atoms with van der Waals surface area (Å²) >= 11 is 0. The number of nitrogens with zero attached hydrogens (tertiary/aromatic N) is 2. The largest absolute Gasteiger partial charge is 0.508 e. The third-order valence-electron chi connectivity index (χ3n) is 4.68. The maximum absolute atomic E-state index is 12.3. The molecular weight excluding hydrogens is 350 g/mol. The summed E-state index contributed by atoms with van der Waals surface area (Å²) in [6, 6.07) is 24.2. The summed E-state index contributed by atoms with van der Waals surface area (Å²) in [5.41, 5.74) is 7.12. The van der Waals surface area contributed by atoms with E-state index in [1.165, 1.54) is 12.1 Å². The molecule has 0 aliphatic carbocycles. The van der Waals surface area contributed by atoms with E-state index in [9.17, 15) is 9.90 Å². The van der Waals surface area contributed by atoms with Crippen molar-refractivity contribution in [3.8, 4) is 17.0 Å². The predicted octanol–water partition coefficient (Wildman–Crippen LogP) is 4.31. The number of aromatic hydroxyl groups is 1. The average Bonchev–Trinajstić information content (AvgIpc) is 3.01. The van der Waals surface area contributed by atoms with Crippen molar-refractivity contribution in [2.75, 3.05) is 0 Å². The van der Waals surface area contributed by atoms with Crippen LogP contribution in [0.15, 0.2) is 84.0 Å². The highest BCUT2D eigenvalue weighted by Gasteiger charge is 2.15. The molecule has 4 rings (SSSR count). The number of hydrogen-bond donors (Lipinski definition) is 2. The summed E-state index contributed by atoms with van der Waals surface area (Å²) in [4.78, 5) is 12.3. The van der Waals surface area contributed by atoms with Gasteiger partial charge in [0.25, 0.3) is 5.91 Å². The van der Waals surface area contributed by atoms with Gasteiger partial charge in [-0.25, -0.2) is 5.43 Å². The molecule has 0 fully saturated rings. The van der Waals surface area contributed by atoms with Crippen molar-refractivity contribution < 1.29 is 9.90 Å². The Morgan fingerprint density at radius 2 is 1.64 bits per heavy atom. The van der Waals surface area contributed by atoms with Crippen LogP contribution in [0.4, 0.5) is 0 Å². The molecule has 5 heteroatoms. The minimum atomic E-state index is -0.335. The molecule has 5 nitrogen and oxygen atoms in total.